The molecular formula is C20H15F3N2O. The molecule has 2 aromatic carbocycles. The molecule has 0 radical (unpaired) electrons. The molecule has 1 fully saturated rings. The van der Waals surface area contributed by atoms with E-state index < -0.39 is 11.9 Å². The molecule has 1 N–H and O–H groups in total. The SMILES string of the molecule is O=C(NC1CC1)c1ccc(-c2cc(C(F)(F)F)nc3ccccc23)cc1. The van der Waals surface area contributed by atoms with Gasteiger partial charge in [0.2, 0.25) is 0 Å². The average Bonchev–Trinajstić information content (AvgIpc) is 3.44. The Balaban J connectivity index is 1.76. The van der Waals surface area contributed by atoms with Crippen molar-refractivity contribution in [1.82, 2.24) is 10.3 Å². The van der Waals surface area contributed by atoms with Gasteiger partial charge in [-0.1, -0.05) is 30.3 Å². The monoisotopic (exact) mass is 356 g/mol. The van der Waals surface area contributed by atoms with Crippen molar-refractivity contribution in [3.63, 3.8) is 0 Å². The quantitative estimate of drug-likeness (QED) is 0.732. The summed E-state index contributed by atoms with van der Waals surface area (Å²) in [7, 11) is 0. The van der Waals surface area contributed by atoms with E-state index >= 15 is 0 Å². The number of hydrogen-bond donors (Lipinski definition) is 1. The van der Waals surface area contributed by atoms with Crippen LogP contribution in [0.2, 0.25) is 0 Å². The fourth-order valence-electron chi connectivity index (χ4n) is 2.86. The number of alkyl halides is 3. The highest BCUT2D eigenvalue weighted by Crippen LogP contribution is 2.35. The molecule has 3 aromatic rings. The van der Waals surface area contributed by atoms with E-state index in [4.69, 9.17) is 0 Å². The first-order chi connectivity index (χ1) is 12.4. The van der Waals surface area contributed by atoms with Crippen LogP contribution >= 0.6 is 0 Å². The van der Waals surface area contributed by atoms with Crippen LogP contribution < -0.4 is 5.32 Å². The van der Waals surface area contributed by atoms with E-state index in [1.807, 2.05) is 0 Å². The Bertz CT molecular complexity index is 977. The van der Waals surface area contributed by atoms with Crippen molar-refractivity contribution < 1.29 is 18.0 Å². The predicted octanol–water partition coefficient (Wildman–Crippen LogP) is 4.81. The number of rotatable bonds is 3. The third-order valence-corrected chi connectivity index (χ3v) is 4.38. The Kier molecular flexibility index (Phi) is 3.90. The van der Waals surface area contributed by atoms with E-state index in [0.29, 0.717) is 22.1 Å². The van der Waals surface area contributed by atoms with Crippen molar-refractivity contribution in [2.45, 2.75) is 25.1 Å². The standard InChI is InChI=1S/C20H15F3N2O/c21-20(22,23)18-11-16(15-3-1-2-4-17(15)25-18)12-5-7-13(8-6-12)19(26)24-14-9-10-14/h1-8,11,14H,9-10H2,(H,24,26). The van der Waals surface area contributed by atoms with E-state index in [2.05, 4.69) is 10.3 Å². The number of carbonyl (C=O) groups excluding carboxylic acids is 1. The third-order valence-electron chi connectivity index (χ3n) is 4.38. The lowest BCUT2D eigenvalue weighted by molar-refractivity contribution is -0.140. The maximum Gasteiger partial charge on any atom is 0.433 e. The lowest BCUT2D eigenvalue weighted by atomic mass is 9.99. The third kappa shape index (κ3) is 3.27. The number of amides is 1. The Labute approximate surface area is 147 Å². The molecule has 1 amide bonds. The number of benzene rings is 2. The van der Waals surface area contributed by atoms with Gasteiger partial charge in [-0.15, -0.1) is 0 Å². The predicted molar refractivity (Wildman–Crippen MR) is 92.7 cm³/mol. The summed E-state index contributed by atoms with van der Waals surface area (Å²) in [5, 5.41) is 3.53. The molecule has 3 nitrogen and oxygen atoms in total. The Morgan fingerprint density at radius 3 is 2.38 bits per heavy atom. The molecule has 1 heterocycles. The van der Waals surface area contributed by atoms with Gasteiger partial charge in [0, 0.05) is 17.0 Å². The van der Waals surface area contributed by atoms with Gasteiger partial charge in [0.1, 0.15) is 5.69 Å². The Hall–Kier alpha value is -2.89. The molecule has 1 saturated carbocycles. The van der Waals surface area contributed by atoms with Crippen LogP contribution in [0.4, 0.5) is 13.2 Å². The fraction of sp³-hybridized carbons (Fsp3) is 0.200. The first-order valence-electron chi connectivity index (χ1n) is 8.30. The van der Waals surface area contributed by atoms with Crippen LogP contribution in [0.5, 0.6) is 0 Å². The van der Waals surface area contributed by atoms with Crippen LogP contribution in [-0.2, 0) is 6.18 Å². The summed E-state index contributed by atoms with van der Waals surface area (Å²) in [5.74, 6) is -0.158. The van der Waals surface area contributed by atoms with E-state index in [9.17, 15) is 18.0 Å². The Morgan fingerprint density at radius 1 is 1.04 bits per heavy atom. The van der Waals surface area contributed by atoms with Gasteiger partial charge in [0.25, 0.3) is 5.91 Å². The molecule has 132 valence electrons. The van der Waals surface area contributed by atoms with Gasteiger partial charge in [0.05, 0.1) is 5.52 Å². The minimum absolute atomic E-state index is 0.158. The minimum Gasteiger partial charge on any atom is -0.349 e. The molecule has 0 atom stereocenters. The van der Waals surface area contributed by atoms with Crippen LogP contribution in [-0.4, -0.2) is 16.9 Å². The normalized spacial score (nSPS) is 14.4. The van der Waals surface area contributed by atoms with E-state index in [1.54, 1.807) is 48.5 Å². The van der Waals surface area contributed by atoms with Gasteiger partial charge in [-0.3, -0.25) is 4.79 Å². The van der Waals surface area contributed by atoms with Gasteiger partial charge in [-0.25, -0.2) is 4.98 Å². The first-order valence-corrected chi connectivity index (χ1v) is 8.30. The number of pyridine rings is 1. The highest BCUT2D eigenvalue weighted by Gasteiger charge is 2.33. The second-order valence-electron chi connectivity index (χ2n) is 6.40. The molecule has 1 aliphatic carbocycles. The van der Waals surface area contributed by atoms with Crippen LogP contribution in [0.1, 0.15) is 28.9 Å². The zero-order valence-corrected chi connectivity index (χ0v) is 13.7. The fourth-order valence-corrected chi connectivity index (χ4v) is 2.86. The van der Waals surface area contributed by atoms with Crippen molar-refractivity contribution >= 4 is 16.8 Å². The number of nitrogens with one attached hydrogen (secondary N) is 1. The highest BCUT2D eigenvalue weighted by atomic mass is 19.4. The maximum atomic E-state index is 13.2. The summed E-state index contributed by atoms with van der Waals surface area (Å²) in [6, 6.07) is 14.6. The molecule has 26 heavy (non-hydrogen) atoms. The average molecular weight is 356 g/mol. The summed E-state index contributed by atoms with van der Waals surface area (Å²) in [6.07, 6.45) is -2.54. The van der Waals surface area contributed by atoms with Crippen LogP contribution in [0.3, 0.4) is 0 Å². The summed E-state index contributed by atoms with van der Waals surface area (Å²) < 4.78 is 39.6. The zero-order chi connectivity index (χ0) is 18.3. The highest BCUT2D eigenvalue weighted by molar-refractivity contribution is 5.97. The molecule has 1 aromatic heterocycles. The lowest BCUT2D eigenvalue weighted by Crippen LogP contribution is -2.25. The topological polar surface area (TPSA) is 42.0 Å². The zero-order valence-electron chi connectivity index (χ0n) is 13.7. The lowest BCUT2D eigenvalue weighted by Gasteiger charge is -2.12. The number of carbonyl (C=O) groups is 1. The number of halogens is 3. The second kappa shape index (κ2) is 6.12. The number of aromatic nitrogens is 1. The number of para-hydroxylation sites is 1. The molecule has 0 aliphatic heterocycles. The van der Waals surface area contributed by atoms with Crippen molar-refractivity contribution in [3.05, 3.63) is 65.9 Å². The molecule has 6 heteroatoms. The number of hydrogen-bond acceptors (Lipinski definition) is 2. The van der Waals surface area contributed by atoms with Gasteiger partial charge in [-0.05, 0) is 48.2 Å². The number of fused-ring (bicyclic) bond motifs is 1. The van der Waals surface area contributed by atoms with Crippen LogP contribution in [0.25, 0.3) is 22.0 Å². The molecule has 1 aliphatic rings. The Morgan fingerprint density at radius 2 is 1.73 bits per heavy atom. The van der Waals surface area contributed by atoms with Crippen molar-refractivity contribution in [2.24, 2.45) is 0 Å². The first kappa shape index (κ1) is 16.6. The van der Waals surface area contributed by atoms with Gasteiger partial charge < -0.3 is 5.32 Å². The molecule has 4 rings (SSSR count). The summed E-state index contributed by atoms with van der Waals surface area (Å²) in [5.41, 5.74) is 0.902. The molecule has 0 unspecified atom stereocenters. The smallest absolute Gasteiger partial charge is 0.349 e. The minimum atomic E-state index is -4.52. The van der Waals surface area contributed by atoms with Crippen molar-refractivity contribution in [2.75, 3.05) is 0 Å². The number of nitrogens with zero attached hydrogens (tertiary/aromatic N) is 1. The summed E-state index contributed by atoms with van der Waals surface area (Å²) in [4.78, 5) is 15.8. The molecule has 0 bridgehead atoms. The van der Waals surface area contributed by atoms with Crippen molar-refractivity contribution in [3.8, 4) is 11.1 Å². The van der Waals surface area contributed by atoms with Crippen LogP contribution in [0, 0.1) is 0 Å². The van der Waals surface area contributed by atoms with E-state index in [1.165, 1.54) is 0 Å². The van der Waals surface area contributed by atoms with Crippen molar-refractivity contribution in [1.29, 1.82) is 0 Å². The van der Waals surface area contributed by atoms with Gasteiger partial charge in [0.15, 0.2) is 0 Å². The maximum absolute atomic E-state index is 13.2. The second-order valence-corrected chi connectivity index (χ2v) is 6.40. The van der Waals surface area contributed by atoms with E-state index in [-0.39, 0.29) is 17.5 Å². The largest absolute Gasteiger partial charge is 0.433 e. The van der Waals surface area contributed by atoms with E-state index in [0.717, 1.165) is 18.9 Å². The summed E-state index contributed by atoms with van der Waals surface area (Å²) in [6.45, 7) is 0. The summed E-state index contributed by atoms with van der Waals surface area (Å²) >= 11 is 0. The molecule has 0 spiro atoms. The molecule has 0 saturated heterocycles. The van der Waals surface area contributed by atoms with Gasteiger partial charge >= 0.3 is 6.18 Å². The van der Waals surface area contributed by atoms with Gasteiger partial charge in [-0.2, -0.15) is 13.2 Å². The molecular weight excluding hydrogens is 341 g/mol. The van der Waals surface area contributed by atoms with Crippen LogP contribution in [0.15, 0.2) is 54.6 Å².